The predicted octanol–water partition coefficient (Wildman–Crippen LogP) is 5.97. The third kappa shape index (κ3) is 6.00. The molecule has 4 rings (SSSR count). The van der Waals surface area contributed by atoms with Crippen LogP contribution >= 0.6 is 0 Å². The number of carbonyl (C=O) groups is 2. The molecule has 7 nitrogen and oxygen atoms in total. The second-order valence-electron chi connectivity index (χ2n) is 10.5. The van der Waals surface area contributed by atoms with Gasteiger partial charge in [-0.05, 0) is 56.2 Å². The quantitative estimate of drug-likeness (QED) is 0.340. The van der Waals surface area contributed by atoms with Crippen molar-refractivity contribution in [1.82, 2.24) is 14.7 Å². The Morgan fingerprint density at radius 2 is 1.73 bits per heavy atom. The van der Waals surface area contributed by atoms with Crippen LogP contribution in [-0.2, 0) is 16.8 Å². The molecule has 2 aromatic heterocycles. The molecule has 37 heavy (non-hydrogen) atoms. The fraction of sp³-hybridized carbons (Fsp3) is 0.300. The number of rotatable bonds is 7. The van der Waals surface area contributed by atoms with Gasteiger partial charge in [-0.3, -0.25) is 9.59 Å². The highest BCUT2D eigenvalue weighted by Gasteiger charge is 2.25. The van der Waals surface area contributed by atoms with Gasteiger partial charge >= 0.3 is 0 Å². The molecular formula is C30H34N4O3. The van der Waals surface area contributed by atoms with E-state index in [1.54, 1.807) is 29.1 Å². The summed E-state index contributed by atoms with van der Waals surface area (Å²) in [5, 5.41) is 7.85. The Bertz CT molecular complexity index is 1410. The minimum Gasteiger partial charge on any atom is -0.467 e. The van der Waals surface area contributed by atoms with Gasteiger partial charge in [0.05, 0.1) is 24.2 Å². The lowest BCUT2D eigenvalue weighted by Gasteiger charge is -2.22. The van der Waals surface area contributed by atoms with Gasteiger partial charge in [0, 0.05) is 17.0 Å². The van der Waals surface area contributed by atoms with Crippen molar-refractivity contribution in [2.75, 3.05) is 11.9 Å². The normalized spacial score (nSPS) is 11.4. The van der Waals surface area contributed by atoms with Crippen LogP contribution < -0.4 is 5.32 Å². The Morgan fingerprint density at radius 1 is 0.973 bits per heavy atom. The summed E-state index contributed by atoms with van der Waals surface area (Å²) in [4.78, 5) is 28.3. The number of hydrogen-bond acceptors (Lipinski definition) is 4. The Labute approximate surface area is 218 Å². The van der Waals surface area contributed by atoms with E-state index < -0.39 is 0 Å². The molecule has 7 heteroatoms. The molecule has 192 valence electrons. The second-order valence-corrected chi connectivity index (χ2v) is 10.5. The van der Waals surface area contributed by atoms with Crippen LogP contribution in [0, 0.1) is 20.8 Å². The lowest BCUT2D eigenvalue weighted by Crippen LogP contribution is -2.38. The van der Waals surface area contributed by atoms with E-state index in [4.69, 9.17) is 9.52 Å². The molecule has 0 radical (unpaired) electrons. The largest absolute Gasteiger partial charge is 0.467 e. The van der Waals surface area contributed by atoms with E-state index in [9.17, 15) is 9.59 Å². The fourth-order valence-electron chi connectivity index (χ4n) is 4.19. The first-order valence-corrected chi connectivity index (χ1v) is 12.4. The van der Waals surface area contributed by atoms with Gasteiger partial charge in [0.15, 0.2) is 0 Å². The van der Waals surface area contributed by atoms with E-state index in [2.05, 4.69) is 32.2 Å². The molecule has 0 atom stereocenters. The maximum absolute atomic E-state index is 13.5. The molecule has 1 N–H and O–H groups in total. The number of amides is 2. The summed E-state index contributed by atoms with van der Waals surface area (Å²) in [6, 6.07) is 18.9. The summed E-state index contributed by atoms with van der Waals surface area (Å²) >= 11 is 0. The number of carbonyl (C=O) groups excluding carboxylic acids is 2. The number of benzene rings is 2. The third-order valence-corrected chi connectivity index (χ3v) is 6.25. The van der Waals surface area contributed by atoms with Crippen molar-refractivity contribution >= 4 is 17.6 Å². The fourth-order valence-corrected chi connectivity index (χ4v) is 4.19. The zero-order valence-electron chi connectivity index (χ0n) is 22.3. The number of aromatic nitrogens is 2. The molecule has 0 fully saturated rings. The zero-order valence-corrected chi connectivity index (χ0v) is 22.3. The highest BCUT2D eigenvalue weighted by molar-refractivity contribution is 6.00. The summed E-state index contributed by atoms with van der Waals surface area (Å²) in [6.07, 6.45) is 1.56. The molecular weight excluding hydrogens is 464 g/mol. The van der Waals surface area contributed by atoms with E-state index in [1.807, 2.05) is 57.2 Å². The predicted molar refractivity (Wildman–Crippen MR) is 145 cm³/mol. The van der Waals surface area contributed by atoms with Crippen LogP contribution in [0.15, 0.2) is 71.3 Å². The maximum Gasteiger partial charge on any atom is 0.255 e. The maximum atomic E-state index is 13.5. The second kappa shape index (κ2) is 10.5. The van der Waals surface area contributed by atoms with Crippen molar-refractivity contribution in [2.24, 2.45) is 0 Å². The minimum absolute atomic E-state index is 0.142. The number of hydrogen-bond donors (Lipinski definition) is 1. The van der Waals surface area contributed by atoms with Crippen LogP contribution in [0.3, 0.4) is 0 Å². The van der Waals surface area contributed by atoms with Crippen LogP contribution in [-0.4, -0.2) is 33.0 Å². The van der Waals surface area contributed by atoms with E-state index in [1.165, 1.54) is 4.90 Å². The molecule has 0 spiro atoms. The first-order chi connectivity index (χ1) is 17.5. The van der Waals surface area contributed by atoms with Gasteiger partial charge in [0.2, 0.25) is 5.91 Å². The molecule has 0 saturated heterocycles. The van der Waals surface area contributed by atoms with E-state index >= 15 is 0 Å². The summed E-state index contributed by atoms with van der Waals surface area (Å²) in [6.45, 7) is 12.2. The molecule has 4 aromatic rings. The number of nitrogens with zero attached hydrogens (tertiary/aromatic N) is 3. The summed E-state index contributed by atoms with van der Waals surface area (Å²) in [5.41, 5.74) is 5.13. The van der Waals surface area contributed by atoms with Crippen LogP contribution in [0.4, 0.5) is 5.82 Å². The lowest BCUT2D eigenvalue weighted by atomic mass is 9.92. The van der Waals surface area contributed by atoms with Gasteiger partial charge in [0.1, 0.15) is 18.1 Å². The van der Waals surface area contributed by atoms with Crippen molar-refractivity contribution in [3.8, 4) is 5.69 Å². The number of anilines is 1. The molecule has 2 heterocycles. The highest BCUT2D eigenvalue weighted by Crippen LogP contribution is 2.28. The van der Waals surface area contributed by atoms with Crippen molar-refractivity contribution in [3.05, 3.63) is 101 Å². The van der Waals surface area contributed by atoms with Gasteiger partial charge in [0.25, 0.3) is 5.91 Å². The monoisotopic (exact) mass is 498 g/mol. The van der Waals surface area contributed by atoms with Gasteiger partial charge in [-0.15, -0.1) is 0 Å². The van der Waals surface area contributed by atoms with Crippen molar-refractivity contribution in [2.45, 2.75) is 53.5 Å². The highest BCUT2D eigenvalue weighted by atomic mass is 16.3. The number of nitrogens with one attached hydrogen (secondary N) is 1. The van der Waals surface area contributed by atoms with Gasteiger partial charge in [-0.2, -0.15) is 5.10 Å². The Hall–Kier alpha value is -4.13. The Morgan fingerprint density at radius 3 is 2.38 bits per heavy atom. The molecule has 0 saturated carbocycles. The zero-order chi connectivity index (χ0) is 26.7. The Kier molecular flexibility index (Phi) is 7.34. The summed E-state index contributed by atoms with van der Waals surface area (Å²) < 4.78 is 7.25. The molecule has 0 unspecified atom stereocenters. The standard InChI is InChI=1S/C30H34N4O3/c1-20-13-14-25(22(3)16-20)34-27(17-26(32-34)30(4,5)6)31-28(35)19-33(18-23-11-9-15-37-23)29(36)24-12-8-7-10-21(24)2/h7-17H,18-19H2,1-6H3,(H,31,35). The average Bonchev–Trinajstić information content (AvgIpc) is 3.49. The number of furan rings is 1. The SMILES string of the molecule is Cc1ccc(-n2nc(C(C)(C)C)cc2NC(=O)CN(Cc2ccco2)C(=O)c2ccccc2C)c(C)c1. The lowest BCUT2D eigenvalue weighted by molar-refractivity contribution is -0.117. The van der Waals surface area contributed by atoms with E-state index in [-0.39, 0.29) is 30.3 Å². The van der Waals surface area contributed by atoms with Crippen molar-refractivity contribution in [1.29, 1.82) is 0 Å². The van der Waals surface area contributed by atoms with Crippen molar-refractivity contribution in [3.63, 3.8) is 0 Å². The van der Waals surface area contributed by atoms with Gasteiger partial charge in [-0.1, -0.05) is 56.7 Å². The van der Waals surface area contributed by atoms with Crippen LogP contribution in [0.5, 0.6) is 0 Å². The topological polar surface area (TPSA) is 80.4 Å². The van der Waals surface area contributed by atoms with Gasteiger partial charge in [-0.25, -0.2) is 4.68 Å². The minimum atomic E-state index is -0.320. The molecule has 0 aliphatic heterocycles. The molecule has 2 aromatic carbocycles. The van der Waals surface area contributed by atoms with Crippen LogP contribution in [0.1, 0.15) is 59.3 Å². The van der Waals surface area contributed by atoms with Gasteiger partial charge < -0.3 is 14.6 Å². The third-order valence-electron chi connectivity index (χ3n) is 6.25. The smallest absolute Gasteiger partial charge is 0.255 e. The summed E-state index contributed by atoms with van der Waals surface area (Å²) in [5.74, 6) is 0.607. The van der Waals surface area contributed by atoms with Crippen molar-refractivity contribution < 1.29 is 14.0 Å². The van der Waals surface area contributed by atoms with E-state index in [0.29, 0.717) is 17.1 Å². The van der Waals surface area contributed by atoms with Crippen LogP contribution in [0.2, 0.25) is 0 Å². The first kappa shape index (κ1) is 25.9. The molecule has 0 bridgehead atoms. The average molecular weight is 499 g/mol. The Balaban J connectivity index is 1.64. The molecule has 2 amide bonds. The van der Waals surface area contributed by atoms with E-state index in [0.717, 1.165) is 28.1 Å². The summed E-state index contributed by atoms with van der Waals surface area (Å²) in [7, 11) is 0. The first-order valence-electron chi connectivity index (χ1n) is 12.4. The van der Waals surface area contributed by atoms with Crippen LogP contribution in [0.25, 0.3) is 5.69 Å². The molecule has 0 aliphatic carbocycles. The number of aryl methyl sites for hydroxylation is 3. The molecule has 0 aliphatic rings.